The molecule has 2 saturated heterocycles. The maximum Gasteiger partial charge on any atom is 0.127 e. The van der Waals surface area contributed by atoms with Crippen molar-refractivity contribution in [3.05, 3.63) is 35.6 Å². The zero-order valence-electron chi connectivity index (χ0n) is 11.3. The number of fused-ring (bicyclic) bond motifs is 1. The molecule has 0 saturated carbocycles. The lowest BCUT2D eigenvalue weighted by molar-refractivity contribution is 0.0521. The van der Waals surface area contributed by atoms with Gasteiger partial charge in [0.15, 0.2) is 0 Å². The Morgan fingerprint density at radius 1 is 1.26 bits per heavy atom. The number of nitrogens with zero attached hydrogens (tertiary/aromatic N) is 2. The van der Waals surface area contributed by atoms with Crippen LogP contribution in [0.4, 0.5) is 4.39 Å². The Bertz CT molecular complexity index is 454. The number of aliphatic hydroxyl groups excluding tert-OH is 1. The van der Waals surface area contributed by atoms with Gasteiger partial charge in [0, 0.05) is 43.8 Å². The van der Waals surface area contributed by atoms with Crippen LogP contribution in [0.25, 0.3) is 0 Å². The highest BCUT2D eigenvalue weighted by atomic mass is 19.1. The molecule has 2 aliphatic rings. The fourth-order valence-electron chi connectivity index (χ4n) is 3.34. The summed E-state index contributed by atoms with van der Waals surface area (Å²) < 4.78 is 13.7. The van der Waals surface area contributed by atoms with Gasteiger partial charge in [-0.1, -0.05) is 18.2 Å². The van der Waals surface area contributed by atoms with Crippen LogP contribution in [0, 0.1) is 5.82 Å². The molecule has 0 radical (unpaired) electrons. The van der Waals surface area contributed by atoms with Gasteiger partial charge in [0.25, 0.3) is 0 Å². The maximum absolute atomic E-state index is 13.7. The van der Waals surface area contributed by atoms with E-state index >= 15 is 0 Å². The van der Waals surface area contributed by atoms with Crippen LogP contribution in [0.3, 0.4) is 0 Å². The highest BCUT2D eigenvalue weighted by molar-refractivity contribution is 5.17. The van der Waals surface area contributed by atoms with Crippen LogP contribution < -0.4 is 0 Å². The van der Waals surface area contributed by atoms with Gasteiger partial charge in [-0.15, -0.1) is 0 Å². The molecule has 4 heteroatoms. The standard InChI is InChI=1S/C15H21FN2O/c1-11-7-18-10-14(19)6-13(18)9-17(11)8-12-4-2-3-5-15(12)16/h2-5,11,13-14,19H,6-10H2,1H3/t11-,13+,14+/m0/s1. The Balaban J connectivity index is 1.70. The molecule has 3 atom stereocenters. The van der Waals surface area contributed by atoms with Crippen molar-refractivity contribution in [2.24, 2.45) is 0 Å². The molecule has 19 heavy (non-hydrogen) atoms. The summed E-state index contributed by atoms with van der Waals surface area (Å²) in [5.41, 5.74) is 0.765. The van der Waals surface area contributed by atoms with Gasteiger partial charge in [-0.05, 0) is 19.4 Å². The van der Waals surface area contributed by atoms with E-state index in [2.05, 4.69) is 16.7 Å². The van der Waals surface area contributed by atoms with E-state index in [4.69, 9.17) is 0 Å². The van der Waals surface area contributed by atoms with Gasteiger partial charge in [-0.2, -0.15) is 0 Å². The minimum absolute atomic E-state index is 0.122. The number of hydrogen-bond donors (Lipinski definition) is 1. The molecule has 0 amide bonds. The molecule has 1 aromatic carbocycles. The first-order chi connectivity index (χ1) is 9.13. The average molecular weight is 264 g/mol. The number of hydrogen-bond acceptors (Lipinski definition) is 3. The van der Waals surface area contributed by atoms with Crippen molar-refractivity contribution < 1.29 is 9.50 Å². The van der Waals surface area contributed by atoms with Crippen LogP contribution in [0.5, 0.6) is 0 Å². The summed E-state index contributed by atoms with van der Waals surface area (Å²) >= 11 is 0. The number of halogens is 1. The topological polar surface area (TPSA) is 26.7 Å². The molecule has 2 heterocycles. The second-order valence-corrected chi connectivity index (χ2v) is 5.87. The highest BCUT2D eigenvalue weighted by Crippen LogP contribution is 2.26. The normalized spacial score (nSPS) is 32.5. The first-order valence-electron chi connectivity index (χ1n) is 7.03. The van der Waals surface area contributed by atoms with Crippen LogP contribution in [-0.4, -0.2) is 52.7 Å². The van der Waals surface area contributed by atoms with Crippen LogP contribution >= 0.6 is 0 Å². The van der Waals surface area contributed by atoms with Gasteiger partial charge in [0.05, 0.1) is 6.10 Å². The summed E-state index contributed by atoms with van der Waals surface area (Å²) in [4.78, 5) is 4.70. The van der Waals surface area contributed by atoms with E-state index in [1.54, 1.807) is 6.07 Å². The van der Waals surface area contributed by atoms with Crippen molar-refractivity contribution in [3.8, 4) is 0 Å². The molecule has 3 nitrogen and oxygen atoms in total. The quantitative estimate of drug-likeness (QED) is 0.876. The molecule has 0 bridgehead atoms. The molecule has 2 aliphatic heterocycles. The molecule has 3 rings (SSSR count). The zero-order chi connectivity index (χ0) is 13.4. The molecule has 0 aliphatic carbocycles. The molecular weight excluding hydrogens is 243 g/mol. The lowest BCUT2D eigenvalue weighted by atomic mass is 10.1. The van der Waals surface area contributed by atoms with Crippen LogP contribution in [-0.2, 0) is 6.54 Å². The van der Waals surface area contributed by atoms with Crippen molar-refractivity contribution in [2.75, 3.05) is 19.6 Å². The Hall–Kier alpha value is -0.970. The fourth-order valence-corrected chi connectivity index (χ4v) is 3.34. The second-order valence-electron chi connectivity index (χ2n) is 5.87. The van der Waals surface area contributed by atoms with E-state index in [0.29, 0.717) is 18.6 Å². The third-order valence-corrected chi connectivity index (χ3v) is 4.40. The van der Waals surface area contributed by atoms with E-state index in [1.165, 1.54) is 6.07 Å². The number of benzene rings is 1. The summed E-state index contributed by atoms with van der Waals surface area (Å²) in [6.45, 7) is 5.53. The third kappa shape index (κ3) is 2.66. The Kier molecular flexibility index (Phi) is 3.56. The van der Waals surface area contributed by atoms with Crippen molar-refractivity contribution in [1.29, 1.82) is 0 Å². The fraction of sp³-hybridized carbons (Fsp3) is 0.600. The van der Waals surface area contributed by atoms with Crippen molar-refractivity contribution in [3.63, 3.8) is 0 Å². The SMILES string of the molecule is C[C@H]1CN2C[C@H](O)C[C@@H]2CN1Cc1ccccc1F. The van der Waals surface area contributed by atoms with E-state index in [0.717, 1.165) is 31.6 Å². The van der Waals surface area contributed by atoms with Gasteiger partial charge in [-0.3, -0.25) is 9.80 Å². The molecule has 0 aromatic heterocycles. The summed E-state index contributed by atoms with van der Waals surface area (Å²) in [7, 11) is 0. The third-order valence-electron chi connectivity index (χ3n) is 4.40. The molecule has 1 N–H and O–H groups in total. The van der Waals surface area contributed by atoms with E-state index in [-0.39, 0.29) is 11.9 Å². The molecule has 0 unspecified atom stereocenters. The predicted octanol–water partition coefficient (Wildman–Crippen LogP) is 1.46. The largest absolute Gasteiger partial charge is 0.392 e. The van der Waals surface area contributed by atoms with Crippen LogP contribution in [0.2, 0.25) is 0 Å². The van der Waals surface area contributed by atoms with Crippen LogP contribution in [0.15, 0.2) is 24.3 Å². The number of piperazine rings is 1. The Morgan fingerprint density at radius 3 is 2.84 bits per heavy atom. The summed E-state index contributed by atoms with van der Waals surface area (Å²) in [6.07, 6.45) is 0.658. The lowest BCUT2D eigenvalue weighted by Crippen LogP contribution is -2.54. The van der Waals surface area contributed by atoms with Gasteiger partial charge in [-0.25, -0.2) is 4.39 Å². The zero-order valence-corrected chi connectivity index (χ0v) is 11.3. The minimum atomic E-state index is -0.189. The van der Waals surface area contributed by atoms with Crippen molar-refractivity contribution in [1.82, 2.24) is 9.80 Å². The lowest BCUT2D eigenvalue weighted by Gasteiger charge is -2.42. The first kappa shape index (κ1) is 13.0. The minimum Gasteiger partial charge on any atom is -0.392 e. The van der Waals surface area contributed by atoms with Gasteiger partial charge in [0.1, 0.15) is 5.82 Å². The van der Waals surface area contributed by atoms with Crippen molar-refractivity contribution >= 4 is 0 Å². The van der Waals surface area contributed by atoms with E-state index in [1.807, 2.05) is 12.1 Å². The number of rotatable bonds is 2. The summed E-state index contributed by atoms with van der Waals surface area (Å²) in [5.74, 6) is -0.122. The van der Waals surface area contributed by atoms with E-state index in [9.17, 15) is 9.50 Å². The van der Waals surface area contributed by atoms with Crippen molar-refractivity contribution in [2.45, 2.75) is 38.1 Å². The smallest absolute Gasteiger partial charge is 0.127 e. The van der Waals surface area contributed by atoms with Gasteiger partial charge >= 0.3 is 0 Å². The summed E-state index contributed by atoms with van der Waals surface area (Å²) in [5, 5.41) is 9.75. The van der Waals surface area contributed by atoms with Gasteiger partial charge < -0.3 is 5.11 Å². The van der Waals surface area contributed by atoms with E-state index < -0.39 is 0 Å². The average Bonchev–Trinajstić information content (AvgIpc) is 2.71. The number of aliphatic hydroxyl groups is 1. The molecule has 0 spiro atoms. The Morgan fingerprint density at radius 2 is 2.05 bits per heavy atom. The predicted molar refractivity (Wildman–Crippen MR) is 72.3 cm³/mol. The Labute approximate surface area is 113 Å². The second kappa shape index (κ2) is 5.19. The molecule has 104 valence electrons. The summed E-state index contributed by atoms with van der Waals surface area (Å²) in [6, 6.07) is 7.83. The molecule has 1 aromatic rings. The maximum atomic E-state index is 13.7. The highest BCUT2D eigenvalue weighted by Gasteiger charge is 2.38. The monoisotopic (exact) mass is 264 g/mol. The first-order valence-corrected chi connectivity index (χ1v) is 7.03. The molecule has 2 fully saturated rings. The van der Waals surface area contributed by atoms with Gasteiger partial charge in [0.2, 0.25) is 0 Å². The van der Waals surface area contributed by atoms with Crippen LogP contribution in [0.1, 0.15) is 18.9 Å². The molecular formula is C15H21FN2O.